The maximum atomic E-state index is 11.3. The summed E-state index contributed by atoms with van der Waals surface area (Å²) >= 11 is 0. The minimum atomic E-state index is -0.230. The van der Waals surface area contributed by atoms with Gasteiger partial charge in [0.2, 0.25) is 5.91 Å². The first kappa shape index (κ1) is 12.0. The van der Waals surface area contributed by atoms with E-state index in [1.807, 2.05) is 12.1 Å². The first-order valence-electron chi connectivity index (χ1n) is 5.57. The molecule has 0 unspecified atom stereocenters. The number of nitriles is 1. The van der Waals surface area contributed by atoms with Crippen molar-refractivity contribution in [3.05, 3.63) is 18.2 Å². The fourth-order valence-corrected chi connectivity index (χ4v) is 1.54. The molecule has 0 saturated heterocycles. The molecule has 1 heterocycles. The fourth-order valence-electron chi connectivity index (χ4n) is 1.54. The van der Waals surface area contributed by atoms with Crippen LogP contribution in [0.1, 0.15) is 0 Å². The molecule has 2 N–H and O–H groups in total. The number of benzene rings is 1. The third-order valence-electron chi connectivity index (χ3n) is 2.36. The molecule has 1 amide bonds. The average molecular weight is 247 g/mol. The number of rotatable bonds is 4. The zero-order chi connectivity index (χ0) is 12.8. The van der Waals surface area contributed by atoms with Gasteiger partial charge in [-0.05, 0) is 12.1 Å². The highest BCUT2D eigenvalue weighted by molar-refractivity contribution is 5.81. The van der Waals surface area contributed by atoms with Gasteiger partial charge in [0.15, 0.2) is 11.5 Å². The lowest BCUT2D eigenvalue weighted by Crippen LogP contribution is -2.30. The third kappa shape index (κ3) is 3.04. The topological polar surface area (TPSA) is 83.4 Å². The smallest absolute Gasteiger partial charge is 0.240 e. The van der Waals surface area contributed by atoms with Crippen LogP contribution in [0.2, 0.25) is 0 Å². The molecule has 0 radical (unpaired) electrons. The quantitative estimate of drug-likeness (QED) is 0.757. The van der Waals surface area contributed by atoms with Gasteiger partial charge in [-0.2, -0.15) is 5.26 Å². The van der Waals surface area contributed by atoms with E-state index < -0.39 is 0 Å². The molecule has 0 bridgehead atoms. The Morgan fingerprint density at radius 1 is 1.33 bits per heavy atom. The van der Waals surface area contributed by atoms with E-state index in [1.54, 1.807) is 12.1 Å². The molecule has 0 saturated carbocycles. The summed E-state index contributed by atoms with van der Waals surface area (Å²) in [5.41, 5.74) is 0.770. The maximum absolute atomic E-state index is 11.3. The number of fused-ring (bicyclic) bond motifs is 1. The number of carbonyl (C=O) groups is 1. The Hall–Kier alpha value is -2.42. The summed E-state index contributed by atoms with van der Waals surface area (Å²) in [6, 6.07) is 7.23. The van der Waals surface area contributed by atoms with Crippen LogP contribution in [-0.4, -0.2) is 32.2 Å². The van der Waals surface area contributed by atoms with E-state index in [0.29, 0.717) is 24.7 Å². The molecule has 1 aromatic rings. The van der Waals surface area contributed by atoms with Crippen molar-refractivity contribution in [2.75, 3.05) is 31.6 Å². The van der Waals surface area contributed by atoms with Gasteiger partial charge in [0.05, 0.1) is 12.6 Å². The van der Waals surface area contributed by atoms with Gasteiger partial charge in [-0.3, -0.25) is 4.79 Å². The molecule has 1 aliphatic heterocycles. The Balaban J connectivity index is 1.90. The Morgan fingerprint density at radius 3 is 2.89 bits per heavy atom. The number of anilines is 1. The molecule has 94 valence electrons. The van der Waals surface area contributed by atoms with Gasteiger partial charge in [-0.25, -0.2) is 0 Å². The molecule has 0 atom stereocenters. The van der Waals surface area contributed by atoms with Crippen LogP contribution in [0.25, 0.3) is 0 Å². The van der Waals surface area contributed by atoms with Crippen LogP contribution in [0.15, 0.2) is 18.2 Å². The second-order valence-electron chi connectivity index (χ2n) is 3.65. The van der Waals surface area contributed by atoms with Crippen molar-refractivity contribution in [1.29, 1.82) is 5.26 Å². The monoisotopic (exact) mass is 247 g/mol. The number of carbonyl (C=O) groups excluding carboxylic acids is 1. The molecule has 6 nitrogen and oxygen atoms in total. The van der Waals surface area contributed by atoms with E-state index in [4.69, 9.17) is 14.7 Å². The fraction of sp³-hybridized carbons (Fsp3) is 0.333. The van der Waals surface area contributed by atoms with Gasteiger partial charge in [-0.15, -0.1) is 0 Å². The molecule has 0 aliphatic carbocycles. The summed E-state index contributed by atoms with van der Waals surface area (Å²) in [6.07, 6.45) is 0. The average Bonchev–Trinajstić information content (AvgIpc) is 2.42. The SMILES string of the molecule is N#CCNC(=O)CNc1ccc2c(c1)OCCO2. The van der Waals surface area contributed by atoms with E-state index in [0.717, 1.165) is 5.69 Å². The van der Waals surface area contributed by atoms with Gasteiger partial charge in [-0.1, -0.05) is 0 Å². The van der Waals surface area contributed by atoms with Crippen LogP contribution >= 0.6 is 0 Å². The molecule has 0 fully saturated rings. The summed E-state index contributed by atoms with van der Waals surface area (Å²) < 4.78 is 10.8. The van der Waals surface area contributed by atoms with Crippen molar-refractivity contribution in [3.8, 4) is 17.6 Å². The number of hydrogen-bond acceptors (Lipinski definition) is 5. The van der Waals surface area contributed by atoms with E-state index in [-0.39, 0.29) is 19.0 Å². The second-order valence-corrected chi connectivity index (χ2v) is 3.65. The standard InChI is InChI=1S/C12H13N3O3/c13-3-4-14-12(16)8-15-9-1-2-10-11(7-9)18-6-5-17-10/h1-2,7,15H,4-6,8H2,(H,14,16). The highest BCUT2D eigenvalue weighted by Crippen LogP contribution is 2.32. The van der Waals surface area contributed by atoms with E-state index in [2.05, 4.69) is 10.6 Å². The predicted molar refractivity (Wildman–Crippen MR) is 64.5 cm³/mol. The highest BCUT2D eigenvalue weighted by atomic mass is 16.6. The third-order valence-corrected chi connectivity index (χ3v) is 2.36. The van der Waals surface area contributed by atoms with Gasteiger partial charge in [0.1, 0.15) is 19.8 Å². The Kier molecular flexibility index (Phi) is 3.86. The van der Waals surface area contributed by atoms with Crippen LogP contribution in [0.3, 0.4) is 0 Å². The number of nitrogens with zero attached hydrogens (tertiary/aromatic N) is 1. The minimum absolute atomic E-state index is 0.0155. The number of nitrogens with one attached hydrogen (secondary N) is 2. The molecule has 1 aromatic carbocycles. The molecular weight excluding hydrogens is 234 g/mol. The van der Waals surface area contributed by atoms with Crippen LogP contribution in [0.4, 0.5) is 5.69 Å². The lowest BCUT2D eigenvalue weighted by molar-refractivity contribution is -0.119. The Bertz CT molecular complexity index is 482. The molecule has 18 heavy (non-hydrogen) atoms. The summed E-state index contributed by atoms with van der Waals surface area (Å²) in [4.78, 5) is 11.3. The Morgan fingerprint density at radius 2 is 2.11 bits per heavy atom. The number of ether oxygens (including phenoxy) is 2. The lowest BCUT2D eigenvalue weighted by Gasteiger charge is -2.19. The van der Waals surface area contributed by atoms with Crippen LogP contribution < -0.4 is 20.1 Å². The van der Waals surface area contributed by atoms with Gasteiger partial charge in [0.25, 0.3) is 0 Å². The van der Waals surface area contributed by atoms with Crippen LogP contribution in [-0.2, 0) is 4.79 Å². The van der Waals surface area contributed by atoms with Crippen molar-refractivity contribution in [2.24, 2.45) is 0 Å². The number of amides is 1. The highest BCUT2D eigenvalue weighted by Gasteiger charge is 2.11. The molecule has 2 rings (SSSR count). The number of hydrogen-bond donors (Lipinski definition) is 2. The van der Waals surface area contributed by atoms with E-state index in [9.17, 15) is 4.79 Å². The van der Waals surface area contributed by atoms with Gasteiger partial charge < -0.3 is 20.1 Å². The Labute approximate surface area is 104 Å². The summed E-state index contributed by atoms with van der Waals surface area (Å²) in [7, 11) is 0. The zero-order valence-electron chi connectivity index (χ0n) is 9.73. The van der Waals surface area contributed by atoms with Crippen molar-refractivity contribution < 1.29 is 14.3 Å². The molecule has 0 aromatic heterocycles. The van der Waals surface area contributed by atoms with Crippen molar-refractivity contribution in [2.45, 2.75) is 0 Å². The van der Waals surface area contributed by atoms with E-state index >= 15 is 0 Å². The van der Waals surface area contributed by atoms with Gasteiger partial charge in [0, 0.05) is 11.8 Å². The lowest BCUT2D eigenvalue weighted by atomic mass is 10.2. The van der Waals surface area contributed by atoms with Crippen LogP contribution in [0, 0.1) is 11.3 Å². The first-order valence-corrected chi connectivity index (χ1v) is 5.57. The van der Waals surface area contributed by atoms with Gasteiger partial charge >= 0.3 is 0 Å². The van der Waals surface area contributed by atoms with Crippen molar-refractivity contribution in [1.82, 2.24) is 5.32 Å². The van der Waals surface area contributed by atoms with E-state index in [1.165, 1.54) is 0 Å². The summed E-state index contributed by atoms with van der Waals surface area (Å²) in [5.74, 6) is 1.15. The zero-order valence-corrected chi connectivity index (χ0v) is 9.73. The summed E-state index contributed by atoms with van der Waals surface area (Å²) in [5, 5.41) is 13.7. The molecule has 0 spiro atoms. The molecule has 1 aliphatic rings. The normalized spacial score (nSPS) is 12.4. The van der Waals surface area contributed by atoms with Crippen molar-refractivity contribution in [3.63, 3.8) is 0 Å². The molecule has 6 heteroatoms. The maximum Gasteiger partial charge on any atom is 0.240 e. The van der Waals surface area contributed by atoms with Crippen molar-refractivity contribution >= 4 is 11.6 Å². The van der Waals surface area contributed by atoms with Crippen LogP contribution in [0.5, 0.6) is 11.5 Å². The largest absolute Gasteiger partial charge is 0.486 e. The first-order chi connectivity index (χ1) is 8.79. The summed E-state index contributed by atoms with van der Waals surface area (Å²) in [6.45, 7) is 1.21. The second kappa shape index (κ2) is 5.77. The minimum Gasteiger partial charge on any atom is -0.486 e. The molecular formula is C12H13N3O3. The predicted octanol–water partition coefficient (Wildman–Crippen LogP) is 0.509.